The van der Waals surface area contributed by atoms with E-state index in [1.165, 1.54) is 18.4 Å². The van der Waals surface area contributed by atoms with E-state index in [2.05, 4.69) is 35.1 Å². The Balaban J connectivity index is 1.94. The van der Waals surface area contributed by atoms with Crippen molar-refractivity contribution < 1.29 is 0 Å². The maximum absolute atomic E-state index is 4.19. The average Bonchev–Trinajstić information content (AvgIpc) is 2.35. The van der Waals surface area contributed by atoms with Crippen LogP contribution in [0.5, 0.6) is 0 Å². The van der Waals surface area contributed by atoms with Crippen molar-refractivity contribution in [3.63, 3.8) is 0 Å². The predicted molar refractivity (Wildman–Crippen MR) is 70.8 cm³/mol. The molecule has 1 fully saturated rings. The van der Waals surface area contributed by atoms with Gasteiger partial charge in [-0.15, -0.1) is 0 Å². The molecule has 1 aromatic rings. The minimum Gasteiger partial charge on any atom is -0.311 e. The molecule has 17 heavy (non-hydrogen) atoms. The van der Waals surface area contributed by atoms with E-state index in [4.69, 9.17) is 0 Å². The van der Waals surface area contributed by atoms with E-state index in [0.717, 1.165) is 19.6 Å². The van der Waals surface area contributed by atoms with E-state index < -0.39 is 0 Å². The second kappa shape index (κ2) is 6.12. The van der Waals surface area contributed by atoms with Gasteiger partial charge in [-0.2, -0.15) is 0 Å². The van der Waals surface area contributed by atoms with Crippen molar-refractivity contribution in [1.82, 2.24) is 15.2 Å². The van der Waals surface area contributed by atoms with Crippen LogP contribution in [0, 0.1) is 0 Å². The fourth-order valence-corrected chi connectivity index (χ4v) is 2.48. The molecule has 0 spiro atoms. The van der Waals surface area contributed by atoms with Crippen molar-refractivity contribution in [1.29, 1.82) is 0 Å². The van der Waals surface area contributed by atoms with Gasteiger partial charge in [0.1, 0.15) is 0 Å². The average molecular weight is 233 g/mol. The Morgan fingerprint density at radius 1 is 1.53 bits per heavy atom. The van der Waals surface area contributed by atoms with Gasteiger partial charge in [-0.1, -0.05) is 19.4 Å². The molecule has 0 aliphatic carbocycles. The summed E-state index contributed by atoms with van der Waals surface area (Å²) in [7, 11) is 0. The Hall–Kier alpha value is -0.930. The lowest BCUT2D eigenvalue weighted by molar-refractivity contribution is 0.129. The summed E-state index contributed by atoms with van der Waals surface area (Å²) in [6, 6.07) is 5.46. The Bertz CT molecular complexity index is 325. The van der Waals surface area contributed by atoms with Gasteiger partial charge in [0, 0.05) is 44.1 Å². The van der Waals surface area contributed by atoms with Crippen LogP contribution in [0.15, 0.2) is 24.5 Å². The van der Waals surface area contributed by atoms with Gasteiger partial charge in [-0.3, -0.25) is 9.88 Å². The molecule has 1 N–H and O–H groups in total. The number of hydrogen-bond acceptors (Lipinski definition) is 3. The highest BCUT2D eigenvalue weighted by atomic mass is 15.2. The SMILES string of the molecule is CCCC1CN(Cc2cccnc2)C(C)CN1. The molecule has 1 aliphatic rings. The molecule has 3 heteroatoms. The van der Waals surface area contributed by atoms with E-state index in [9.17, 15) is 0 Å². The van der Waals surface area contributed by atoms with Crippen LogP contribution in [0.4, 0.5) is 0 Å². The Morgan fingerprint density at radius 2 is 2.41 bits per heavy atom. The normalized spacial score (nSPS) is 26.0. The van der Waals surface area contributed by atoms with Crippen molar-refractivity contribution in [2.75, 3.05) is 13.1 Å². The summed E-state index contributed by atoms with van der Waals surface area (Å²) in [4.78, 5) is 6.75. The number of nitrogens with one attached hydrogen (secondary N) is 1. The number of hydrogen-bond donors (Lipinski definition) is 1. The molecule has 2 rings (SSSR count). The van der Waals surface area contributed by atoms with Gasteiger partial charge in [0.2, 0.25) is 0 Å². The largest absolute Gasteiger partial charge is 0.311 e. The number of piperazine rings is 1. The second-order valence-corrected chi connectivity index (χ2v) is 5.03. The van der Waals surface area contributed by atoms with Gasteiger partial charge < -0.3 is 5.32 Å². The molecule has 1 aromatic heterocycles. The molecular formula is C14H23N3. The highest BCUT2D eigenvalue weighted by molar-refractivity contribution is 5.08. The molecule has 0 amide bonds. The highest BCUT2D eigenvalue weighted by Gasteiger charge is 2.24. The van der Waals surface area contributed by atoms with E-state index in [-0.39, 0.29) is 0 Å². The van der Waals surface area contributed by atoms with Crippen LogP contribution in [0.3, 0.4) is 0 Å². The topological polar surface area (TPSA) is 28.2 Å². The molecule has 94 valence electrons. The second-order valence-electron chi connectivity index (χ2n) is 5.03. The van der Waals surface area contributed by atoms with Crippen LogP contribution in [0.2, 0.25) is 0 Å². The van der Waals surface area contributed by atoms with Crippen LogP contribution >= 0.6 is 0 Å². The number of rotatable bonds is 4. The summed E-state index contributed by atoms with van der Waals surface area (Å²) >= 11 is 0. The summed E-state index contributed by atoms with van der Waals surface area (Å²) in [5.41, 5.74) is 1.32. The summed E-state index contributed by atoms with van der Waals surface area (Å²) in [6.45, 7) is 7.84. The number of aromatic nitrogens is 1. The molecule has 3 nitrogen and oxygen atoms in total. The molecule has 0 aromatic carbocycles. The third-order valence-corrected chi connectivity index (χ3v) is 3.53. The van der Waals surface area contributed by atoms with Crippen molar-refractivity contribution in [2.45, 2.75) is 45.3 Å². The first-order chi connectivity index (χ1) is 8.29. The van der Waals surface area contributed by atoms with Crippen molar-refractivity contribution in [3.05, 3.63) is 30.1 Å². The zero-order valence-electron chi connectivity index (χ0n) is 10.9. The smallest absolute Gasteiger partial charge is 0.0312 e. The van der Waals surface area contributed by atoms with Crippen LogP contribution < -0.4 is 5.32 Å². The van der Waals surface area contributed by atoms with Gasteiger partial charge in [0.15, 0.2) is 0 Å². The zero-order chi connectivity index (χ0) is 12.1. The van der Waals surface area contributed by atoms with E-state index in [1.807, 2.05) is 18.5 Å². The third kappa shape index (κ3) is 3.51. The molecule has 0 saturated carbocycles. The van der Waals surface area contributed by atoms with E-state index >= 15 is 0 Å². The summed E-state index contributed by atoms with van der Waals surface area (Å²) in [5, 5.41) is 3.63. The molecule has 1 aliphatic heterocycles. The Morgan fingerprint density at radius 3 is 3.12 bits per heavy atom. The fraction of sp³-hybridized carbons (Fsp3) is 0.643. The minimum atomic E-state index is 0.614. The minimum absolute atomic E-state index is 0.614. The first kappa shape index (κ1) is 12.5. The summed E-state index contributed by atoms with van der Waals surface area (Å²) in [6.07, 6.45) is 6.34. The monoisotopic (exact) mass is 233 g/mol. The lowest BCUT2D eigenvalue weighted by atomic mass is 10.1. The molecule has 2 atom stereocenters. The van der Waals surface area contributed by atoms with E-state index in [0.29, 0.717) is 12.1 Å². The summed E-state index contributed by atoms with van der Waals surface area (Å²) in [5.74, 6) is 0. The number of pyridine rings is 1. The van der Waals surface area contributed by atoms with E-state index in [1.54, 1.807) is 0 Å². The lowest BCUT2D eigenvalue weighted by Gasteiger charge is -2.38. The molecular weight excluding hydrogens is 210 g/mol. The van der Waals surface area contributed by atoms with Gasteiger partial charge >= 0.3 is 0 Å². The van der Waals surface area contributed by atoms with Crippen LogP contribution in [-0.2, 0) is 6.54 Å². The number of nitrogens with zero attached hydrogens (tertiary/aromatic N) is 2. The molecule has 1 saturated heterocycles. The first-order valence-corrected chi connectivity index (χ1v) is 6.66. The Labute approximate surface area is 104 Å². The van der Waals surface area contributed by atoms with Gasteiger partial charge in [0.05, 0.1) is 0 Å². The third-order valence-electron chi connectivity index (χ3n) is 3.53. The van der Waals surface area contributed by atoms with Crippen LogP contribution in [-0.4, -0.2) is 35.1 Å². The molecule has 2 heterocycles. The fourth-order valence-electron chi connectivity index (χ4n) is 2.48. The molecule has 0 bridgehead atoms. The summed E-state index contributed by atoms with van der Waals surface area (Å²) < 4.78 is 0. The predicted octanol–water partition coefficient (Wildman–Crippen LogP) is 2.04. The van der Waals surface area contributed by atoms with Crippen LogP contribution in [0.25, 0.3) is 0 Å². The van der Waals surface area contributed by atoms with Crippen LogP contribution in [0.1, 0.15) is 32.3 Å². The zero-order valence-corrected chi connectivity index (χ0v) is 10.9. The maximum Gasteiger partial charge on any atom is 0.0312 e. The first-order valence-electron chi connectivity index (χ1n) is 6.66. The van der Waals surface area contributed by atoms with Gasteiger partial charge in [-0.05, 0) is 25.0 Å². The highest BCUT2D eigenvalue weighted by Crippen LogP contribution is 2.13. The van der Waals surface area contributed by atoms with Gasteiger partial charge in [0.25, 0.3) is 0 Å². The molecule has 0 radical (unpaired) electrons. The van der Waals surface area contributed by atoms with Crippen molar-refractivity contribution in [2.24, 2.45) is 0 Å². The lowest BCUT2D eigenvalue weighted by Crippen LogP contribution is -2.54. The van der Waals surface area contributed by atoms with Crippen molar-refractivity contribution >= 4 is 0 Å². The molecule has 2 unspecified atom stereocenters. The van der Waals surface area contributed by atoms with Gasteiger partial charge in [-0.25, -0.2) is 0 Å². The maximum atomic E-state index is 4.19. The van der Waals surface area contributed by atoms with Crippen molar-refractivity contribution in [3.8, 4) is 0 Å². The Kier molecular flexibility index (Phi) is 4.51. The standard InChI is InChI=1S/C14H23N3/c1-3-5-14-11-17(12(2)8-16-14)10-13-6-4-7-15-9-13/h4,6-7,9,12,14,16H,3,5,8,10-11H2,1-2H3. The quantitative estimate of drug-likeness (QED) is 0.862.